The van der Waals surface area contributed by atoms with E-state index >= 15 is 0 Å². The number of hydrogen-bond acceptors (Lipinski definition) is 3. The zero-order valence-corrected chi connectivity index (χ0v) is 14.9. The molecule has 26 heavy (non-hydrogen) atoms. The maximum Gasteiger partial charge on any atom is 0.220 e. The molecule has 2 aromatic carbocycles. The van der Waals surface area contributed by atoms with E-state index in [2.05, 4.69) is 5.32 Å². The van der Waals surface area contributed by atoms with Crippen LogP contribution in [0.15, 0.2) is 54.6 Å². The third kappa shape index (κ3) is 5.02. The Morgan fingerprint density at radius 1 is 0.846 bits per heavy atom. The molecule has 0 spiro atoms. The average Bonchev–Trinajstić information content (AvgIpc) is 2.69. The zero-order chi connectivity index (χ0) is 18.4. The quantitative estimate of drug-likeness (QED) is 0.779. The molecule has 1 amide bonds. The molecule has 0 heterocycles. The third-order valence-corrected chi connectivity index (χ3v) is 4.95. The standard InChI is InChI=1S/C22H25NO3/c24-20-12-10-19(11-13-20)23-22(26)15-14-21(25)18-8-6-17(7-9-18)16-4-2-1-3-5-16/h1-9,19-20,24H,10-15H2,(H,23,26). The molecule has 0 saturated heterocycles. The van der Waals surface area contributed by atoms with Crippen LogP contribution in [-0.2, 0) is 4.79 Å². The highest BCUT2D eigenvalue weighted by atomic mass is 16.3. The molecule has 136 valence electrons. The first kappa shape index (κ1) is 18.3. The van der Waals surface area contributed by atoms with Gasteiger partial charge in [0.2, 0.25) is 5.91 Å². The monoisotopic (exact) mass is 351 g/mol. The first-order valence-corrected chi connectivity index (χ1v) is 9.28. The lowest BCUT2D eigenvalue weighted by molar-refractivity contribution is -0.122. The van der Waals surface area contributed by atoms with Gasteiger partial charge in [-0.1, -0.05) is 54.6 Å². The van der Waals surface area contributed by atoms with Gasteiger partial charge in [-0.3, -0.25) is 9.59 Å². The Morgan fingerprint density at radius 2 is 1.46 bits per heavy atom. The summed E-state index contributed by atoms with van der Waals surface area (Å²) in [6, 6.07) is 17.7. The number of benzene rings is 2. The van der Waals surface area contributed by atoms with Crippen molar-refractivity contribution >= 4 is 11.7 Å². The maximum atomic E-state index is 12.3. The van der Waals surface area contributed by atoms with Gasteiger partial charge in [0.15, 0.2) is 5.78 Å². The van der Waals surface area contributed by atoms with Crippen molar-refractivity contribution in [2.24, 2.45) is 0 Å². The number of ketones is 1. The number of Topliss-reactive ketones (excluding diaryl/α,β-unsaturated/α-hetero) is 1. The van der Waals surface area contributed by atoms with E-state index < -0.39 is 0 Å². The van der Waals surface area contributed by atoms with Crippen LogP contribution >= 0.6 is 0 Å². The molecule has 0 aliphatic heterocycles. The van der Waals surface area contributed by atoms with Crippen LogP contribution in [0.4, 0.5) is 0 Å². The minimum atomic E-state index is -0.233. The van der Waals surface area contributed by atoms with E-state index in [1.807, 2.05) is 54.6 Å². The van der Waals surface area contributed by atoms with Crippen molar-refractivity contribution in [3.8, 4) is 11.1 Å². The van der Waals surface area contributed by atoms with Crippen molar-refractivity contribution in [3.05, 3.63) is 60.2 Å². The number of aliphatic hydroxyl groups is 1. The summed E-state index contributed by atoms with van der Waals surface area (Å²) in [6.45, 7) is 0. The third-order valence-electron chi connectivity index (χ3n) is 4.95. The van der Waals surface area contributed by atoms with Crippen LogP contribution in [0.5, 0.6) is 0 Å². The summed E-state index contributed by atoms with van der Waals surface area (Å²) in [6.07, 6.45) is 3.27. The number of rotatable bonds is 6. The predicted octanol–water partition coefficient (Wildman–Crippen LogP) is 3.74. The lowest BCUT2D eigenvalue weighted by Gasteiger charge is -2.26. The Labute approximate surface area is 154 Å². The topological polar surface area (TPSA) is 66.4 Å². The lowest BCUT2D eigenvalue weighted by atomic mass is 9.93. The molecule has 0 unspecified atom stereocenters. The predicted molar refractivity (Wildman–Crippen MR) is 102 cm³/mol. The van der Waals surface area contributed by atoms with Gasteiger partial charge in [0.25, 0.3) is 0 Å². The summed E-state index contributed by atoms with van der Waals surface area (Å²) in [4.78, 5) is 24.4. The molecule has 4 nitrogen and oxygen atoms in total. The van der Waals surface area contributed by atoms with Gasteiger partial charge < -0.3 is 10.4 Å². The minimum Gasteiger partial charge on any atom is -0.393 e. The van der Waals surface area contributed by atoms with E-state index in [4.69, 9.17) is 0 Å². The normalized spacial score (nSPS) is 19.7. The largest absolute Gasteiger partial charge is 0.393 e. The van der Waals surface area contributed by atoms with Gasteiger partial charge in [0.1, 0.15) is 0 Å². The summed E-state index contributed by atoms with van der Waals surface area (Å²) in [5.74, 6) is -0.0977. The summed E-state index contributed by atoms with van der Waals surface area (Å²) >= 11 is 0. The van der Waals surface area contributed by atoms with E-state index in [-0.39, 0.29) is 36.7 Å². The molecule has 2 N–H and O–H groups in total. The number of carbonyl (C=O) groups is 2. The van der Waals surface area contributed by atoms with Gasteiger partial charge in [-0.25, -0.2) is 0 Å². The van der Waals surface area contributed by atoms with Crippen molar-refractivity contribution in [2.45, 2.75) is 50.7 Å². The van der Waals surface area contributed by atoms with Crippen LogP contribution in [0.1, 0.15) is 48.9 Å². The van der Waals surface area contributed by atoms with Crippen LogP contribution in [0.25, 0.3) is 11.1 Å². The van der Waals surface area contributed by atoms with Crippen LogP contribution in [0.2, 0.25) is 0 Å². The van der Waals surface area contributed by atoms with Crippen molar-refractivity contribution in [2.75, 3.05) is 0 Å². The summed E-state index contributed by atoms with van der Waals surface area (Å²) < 4.78 is 0. The molecule has 0 radical (unpaired) electrons. The van der Waals surface area contributed by atoms with Gasteiger partial charge >= 0.3 is 0 Å². The van der Waals surface area contributed by atoms with E-state index in [0.717, 1.165) is 36.8 Å². The van der Waals surface area contributed by atoms with Gasteiger partial charge in [-0.2, -0.15) is 0 Å². The first-order chi connectivity index (χ1) is 12.6. The Hall–Kier alpha value is -2.46. The molecule has 1 fully saturated rings. The van der Waals surface area contributed by atoms with E-state index in [0.29, 0.717) is 5.56 Å². The smallest absolute Gasteiger partial charge is 0.220 e. The molecule has 0 aromatic heterocycles. The Bertz CT molecular complexity index is 732. The molecule has 1 aliphatic carbocycles. The Kier molecular flexibility index (Phi) is 6.18. The van der Waals surface area contributed by atoms with E-state index in [1.54, 1.807) is 0 Å². The van der Waals surface area contributed by atoms with Gasteiger partial charge in [0, 0.05) is 24.4 Å². The van der Waals surface area contributed by atoms with Gasteiger partial charge in [-0.05, 0) is 36.8 Å². The number of carbonyl (C=O) groups excluding carboxylic acids is 2. The molecule has 0 bridgehead atoms. The number of nitrogens with one attached hydrogen (secondary N) is 1. The summed E-state index contributed by atoms with van der Waals surface area (Å²) in [5.41, 5.74) is 2.82. The molecule has 0 atom stereocenters. The summed E-state index contributed by atoms with van der Waals surface area (Å²) in [7, 11) is 0. The van der Waals surface area contributed by atoms with Crippen LogP contribution < -0.4 is 5.32 Å². The van der Waals surface area contributed by atoms with Crippen LogP contribution in [0.3, 0.4) is 0 Å². The molecule has 4 heteroatoms. The number of amides is 1. The second kappa shape index (κ2) is 8.77. The van der Waals surface area contributed by atoms with Crippen molar-refractivity contribution in [3.63, 3.8) is 0 Å². The molecule has 2 aromatic rings. The minimum absolute atomic E-state index is 0.0150. The zero-order valence-electron chi connectivity index (χ0n) is 14.9. The fraction of sp³-hybridized carbons (Fsp3) is 0.364. The highest BCUT2D eigenvalue weighted by Crippen LogP contribution is 2.20. The average molecular weight is 351 g/mol. The Balaban J connectivity index is 1.48. The SMILES string of the molecule is O=C(CCC(=O)c1ccc(-c2ccccc2)cc1)NC1CCC(O)CC1. The van der Waals surface area contributed by atoms with Crippen LogP contribution in [0, 0.1) is 0 Å². The highest BCUT2D eigenvalue weighted by Gasteiger charge is 2.21. The highest BCUT2D eigenvalue weighted by molar-refractivity contribution is 5.98. The molecule has 1 aliphatic rings. The second-order valence-electron chi connectivity index (χ2n) is 6.94. The van der Waals surface area contributed by atoms with Crippen molar-refractivity contribution in [1.82, 2.24) is 5.32 Å². The first-order valence-electron chi connectivity index (χ1n) is 9.28. The molecule has 1 saturated carbocycles. The van der Waals surface area contributed by atoms with Gasteiger partial charge in [-0.15, -0.1) is 0 Å². The summed E-state index contributed by atoms with van der Waals surface area (Å²) in [5, 5.41) is 12.5. The number of aliphatic hydroxyl groups excluding tert-OH is 1. The number of hydrogen-bond donors (Lipinski definition) is 2. The lowest BCUT2D eigenvalue weighted by Crippen LogP contribution is -2.38. The second-order valence-corrected chi connectivity index (χ2v) is 6.94. The Morgan fingerprint density at radius 3 is 2.12 bits per heavy atom. The molecular formula is C22H25NO3. The van der Waals surface area contributed by atoms with Gasteiger partial charge in [0.05, 0.1) is 6.10 Å². The van der Waals surface area contributed by atoms with Crippen molar-refractivity contribution < 1.29 is 14.7 Å². The molecule has 3 rings (SSSR count). The maximum absolute atomic E-state index is 12.3. The molecular weight excluding hydrogens is 326 g/mol. The van der Waals surface area contributed by atoms with E-state index in [9.17, 15) is 14.7 Å². The fourth-order valence-electron chi connectivity index (χ4n) is 3.37. The van der Waals surface area contributed by atoms with Crippen molar-refractivity contribution in [1.29, 1.82) is 0 Å². The van der Waals surface area contributed by atoms with Crippen LogP contribution in [-0.4, -0.2) is 28.9 Å². The van der Waals surface area contributed by atoms with E-state index in [1.165, 1.54) is 0 Å². The fourth-order valence-corrected chi connectivity index (χ4v) is 3.37.